The topological polar surface area (TPSA) is 41.1 Å². The largest absolute Gasteiger partial charge is 0.376 e. The predicted molar refractivity (Wildman–Crippen MR) is 90.4 cm³/mol. The monoisotopic (exact) mass is 416 g/mol. The first-order chi connectivity index (χ1) is 9.56. The number of amides is 1. The quantitative estimate of drug-likeness (QED) is 0.740. The van der Waals surface area contributed by atoms with E-state index in [1.807, 2.05) is 36.4 Å². The van der Waals surface area contributed by atoms with Gasteiger partial charge in [-0.15, -0.1) is 0 Å². The molecule has 0 aliphatic heterocycles. The van der Waals surface area contributed by atoms with Crippen molar-refractivity contribution in [1.29, 1.82) is 0 Å². The van der Waals surface area contributed by atoms with Crippen molar-refractivity contribution >= 4 is 60.7 Å². The molecule has 3 nitrogen and oxygen atoms in total. The number of halogens is 3. The highest BCUT2D eigenvalue weighted by atomic mass is 79.9. The summed E-state index contributed by atoms with van der Waals surface area (Å²) in [4.78, 5) is 11.9. The van der Waals surface area contributed by atoms with Crippen LogP contribution in [-0.4, -0.2) is 12.5 Å². The minimum Gasteiger partial charge on any atom is -0.376 e. The Balaban J connectivity index is 1.92. The van der Waals surface area contributed by atoms with E-state index in [0.29, 0.717) is 5.02 Å². The van der Waals surface area contributed by atoms with E-state index in [4.69, 9.17) is 11.6 Å². The zero-order chi connectivity index (χ0) is 14.5. The number of carbonyl (C=O) groups excluding carboxylic acids is 1. The van der Waals surface area contributed by atoms with Crippen molar-refractivity contribution in [1.82, 2.24) is 0 Å². The number of rotatable bonds is 4. The lowest BCUT2D eigenvalue weighted by atomic mass is 10.3. The molecular formula is C14H11Br2ClN2O. The average Bonchev–Trinajstić information content (AvgIpc) is 2.43. The lowest BCUT2D eigenvalue weighted by Gasteiger charge is -2.09. The van der Waals surface area contributed by atoms with E-state index in [1.165, 1.54) is 0 Å². The van der Waals surface area contributed by atoms with Crippen LogP contribution in [0.5, 0.6) is 0 Å². The van der Waals surface area contributed by atoms with Crippen LogP contribution in [0.4, 0.5) is 11.4 Å². The summed E-state index contributed by atoms with van der Waals surface area (Å²) in [7, 11) is 0. The van der Waals surface area contributed by atoms with Gasteiger partial charge in [0.2, 0.25) is 5.91 Å². The number of benzene rings is 2. The van der Waals surface area contributed by atoms with Crippen LogP contribution < -0.4 is 10.6 Å². The first-order valence-electron chi connectivity index (χ1n) is 5.79. The molecule has 0 bridgehead atoms. The smallest absolute Gasteiger partial charge is 0.243 e. The summed E-state index contributed by atoms with van der Waals surface area (Å²) >= 11 is 12.7. The number of carbonyl (C=O) groups is 1. The van der Waals surface area contributed by atoms with Crippen molar-refractivity contribution in [2.45, 2.75) is 0 Å². The van der Waals surface area contributed by atoms with Crippen molar-refractivity contribution < 1.29 is 4.79 Å². The average molecular weight is 419 g/mol. The molecule has 2 N–H and O–H groups in total. The molecule has 0 radical (unpaired) electrons. The fourth-order valence-electron chi connectivity index (χ4n) is 1.55. The van der Waals surface area contributed by atoms with E-state index in [2.05, 4.69) is 42.5 Å². The Morgan fingerprint density at radius 1 is 1.10 bits per heavy atom. The molecule has 104 valence electrons. The second kappa shape index (κ2) is 7.11. The summed E-state index contributed by atoms with van der Waals surface area (Å²) in [5.41, 5.74) is 1.54. The molecule has 0 aromatic heterocycles. The minimum absolute atomic E-state index is 0.129. The molecule has 2 rings (SSSR count). The first-order valence-corrected chi connectivity index (χ1v) is 7.76. The third-order valence-corrected chi connectivity index (χ3v) is 4.44. The summed E-state index contributed by atoms with van der Waals surface area (Å²) in [5, 5.41) is 6.43. The zero-order valence-corrected chi connectivity index (χ0v) is 14.2. The lowest BCUT2D eigenvalue weighted by molar-refractivity contribution is -0.114. The van der Waals surface area contributed by atoms with Crippen LogP contribution in [0, 0.1) is 0 Å². The Bertz CT molecular complexity index is 634. The standard InChI is InChI=1S/C14H11Br2ClN2O/c15-10-6-5-9(7-12(10)17)18-8-14(20)19-13-4-2-1-3-11(13)16/h1-7,18H,8H2,(H,19,20). The van der Waals surface area contributed by atoms with Gasteiger partial charge in [-0.25, -0.2) is 0 Å². The Kier molecular flexibility index (Phi) is 5.46. The molecule has 0 heterocycles. The molecule has 0 atom stereocenters. The van der Waals surface area contributed by atoms with Gasteiger partial charge in [-0.2, -0.15) is 0 Å². The predicted octanol–water partition coefficient (Wildman–Crippen LogP) is 4.92. The Morgan fingerprint density at radius 3 is 2.55 bits per heavy atom. The summed E-state index contributed by atoms with van der Waals surface area (Å²) < 4.78 is 1.67. The molecule has 2 aromatic rings. The summed E-state index contributed by atoms with van der Waals surface area (Å²) in [6.07, 6.45) is 0. The molecule has 0 aliphatic rings. The van der Waals surface area contributed by atoms with E-state index in [-0.39, 0.29) is 12.5 Å². The third kappa shape index (κ3) is 4.23. The van der Waals surface area contributed by atoms with Gasteiger partial charge in [-0.1, -0.05) is 23.7 Å². The van der Waals surface area contributed by atoms with Crippen LogP contribution >= 0.6 is 43.5 Å². The molecule has 0 spiro atoms. The van der Waals surface area contributed by atoms with Crippen molar-refractivity contribution in [3.8, 4) is 0 Å². The molecule has 0 saturated heterocycles. The molecule has 0 unspecified atom stereocenters. The Labute approximate surface area is 139 Å². The second-order valence-electron chi connectivity index (χ2n) is 4.01. The molecule has 0 saturated carbocycles. The molecule has 2 aromatic carbocycles. The molecule has 20 heavy (non-hydrogen) atoms. The van der Waals surface area contributed by atoms with E-state index in [0.717, 1.165) is 20.3 Å². The number of para-hydroxylation sites is 1. The lowest BCUT2D eigenvalue weighted by Crippen LogP contribution is -2.21. The number of nitrogens with one attached hydrogen (secondary N) is 2. The van der Waals surface area contributed by atoms with Gasteiger partial charge in [0.1, 0.15) is 0 Å². The maximum absolute atomic E-state index is 11.9. The third-order valence-electron chi connectivity index (χ3n) is 2.52. The van der Waals surface area contributed by atoms with Crippen molar-refractivity contribution in [2.75, 3.05) is 17.2 Å². The molecular weight excluding hydrogens is 407 g/mol. The van der Waals surface area contributed by atoms with Gasteiger partial charge in [-0.3, -0.25) is 4.79 Å². The SMILES string of the molecule is O=C(CNc1ccc(Br)c(Cl)c1)Nc1ccccc1Br. The highest BCUT2D eigenvalue weighted by molar-refractivity contribution is 9.11. The van der Waals surface area contributed by atoms with Gasteiger partial charge < -0.3 is 10.6 Å². The number of hydrogen-bond acceptors (Lipinski definition) is 2. The Morgan fingerprint density at radius 2 is 1.85 bits per heavy atom. The fraction of sp³-hybridized carbons (Fsp3) is 0.0714. The van der Waals surface area contributed by atoms with Crippen molar-refractivity contribution in [2.24, 2.45) is 0 Å². The molecule has 1 amide bonds. The highest BCUT2D eigenvalue weighted by Crippen LogP contribution is 2.25. The molecule has 0 aliphatic carbocycles. The van der Waals surface area contributed by atoms with Crippen LogP contribution in [0.2, 0.25) is 5.02 Å². The Hall–Kier alpha value is -1.04. The van der Waals surface area contributed by atoms with Gasteiger partial charge >= 0.3 is 0 Å². The van der Waals surface area contributed by atoms with Crippen LogP contribution in [0.3, 0.4) is 0 Å². The highest BCUT2D eigenvalue weighted by Gasteiger charge is 2.05. The van der Waals surface area contributed by atoms with E-state index in [9.17, 15) is 4.79 Å². The number of anilines is 2. The van der Waals surface area contributed by atoms with Gasteiger partial charge in [0.05, 0.1) is 17.3 Å². The second-order valence-corrected chi connectivity index (χ2v) is 6.13. The summed E-state index contributed by atoms with van der Waals surface area (Å²) in [6.45, 7) is 0.166. The van der Waals surface area contributed by atoms with Gasteiger partial charge in [0, 0.05) is 14.6 Å². The summed E-state index contributed by atoms with van der Waals surface area (Å²) in [5.74, 6) is -0.129. The molecule has 6 heteroatoms. The van der Waals surface area contributed by atoms with Gasteiger partial charge in [0.25, 0.3) is 0 Å². The minimum atomic E-state index is -0.129. The van der Waals surface area contributed by atoms with Crippen LogP contribution in [-0.2, 0) is 4.79 Å². The maximum Gasteiger partial charge on any atom is 0.243 e. The van der Waals surface area contributed by atoms with Gasteiger partial charge in [-0.05, 0) is 62.2 Å². The van der Waals surface area contributed by atoms with E-state index >= 15 is 0 Å². The van der Waals surface area contributed by atoms with Crippen molar-refractivity contribution in [3.63, 3.8) is 0 Å². The molecule has 0 fully saturated rings. The zero-order valence-electron chi connectivity index (χ0n) is 10.3. The van der Waals surface area contributed by atoms with E-state index in [1.54, 1.807) is 6.07 Å². The fourth-order valence-corrected chi connectivity index (χ4v) is 2.36. The van der Waals surface area contributed by atoms with Crippen LogP contribution in [0.25, 0.3) is 0 Å². The first kappa shape index (κ1) is 15.4. The van der Waals surface area contributed by atoms with Crippen LogP contribution in [0.1, 0.15) is 0 Å². The number of hydrogen-bond donors (Lipinski definition) is 2. The van der Waals surface area contributed by atoms with Crippen LogP contribution in [0.15, 0.2) is 51.4 Å². The summed E-state index contributed by atoms with van der Waals surface area (Å²) in [6, 6.07) is 12.9. The van der Waals surface area contributed by atoms with E-state index < -0.39 is 0 Å². The maximum atomic E-state index is 11.9. The normalized spacial score (nSPS) is 10.2. The van der Waals surface area contributed by atoms with Gasteiger partial charge in [0.15, 0.2) is 0 Å². The van der Waals surface area contributed by atoms with Crippen molar-refractivity contribution in [3.05, 3.63) is 56.4 Å².